The van der Waals surface area contributed by atoms with Crippen LogP contribution in [0.4, 0.5) is 0 Å². The molecule has 0 radical (unpaired) electrons. The second-order valence-corrected chi connectivity index (χ2v) is 6.97. The number of aryl methyl sites for hydroxylation is 1. The van der Waals surface area contributed by atoms with Crippen LogP contribution in [0.5, 0.6) is 0 Å². The van der Waals surface area contributed by atoms with Crippen LogP contribution < -0.4 is 5.32 Å². The Morgan fingerprint density at radius 2 is 2.16 bits per heavy atom. The van der Waals surface area contributed by atoms with Gasteiger partial charge in [-0.05, 0) is 63.7 Å². The van der Waals surface area contributed by atoms with Crippen LogP contribution in [0.3, 0.4) is 0 Å². The second kappa shape index (κ2) is 7.35. The van der Waals surface area contributed by atoms with Gasteiger partial charge in [-0.3, -0.25) is 14.9 Å². The van der Waals surface area contributed by atoms with Crippen LogP contribution in [0.25, 0.3) is 0 Å². The number of hydrogen-bond acceptors (Lipinski definition) is 4. The average Bonchev–Trinajstić information content (AvgIpc) is 3.15. The number of fused-ring (bicyclic) bond motifs is 1. The van der Waals surface area contributed by atoms with Crippen molar-refractivity contribution in [1.82, 2.24) is 25.4 Å². The van der Waals surface area contributed by atoms with Crippen LogP contribution >= 0.6 is 0 Å². The van der Waals surface area contributed by atoms with E-state index in [2.05, 4.69) is 20.5 Å². The zero-order chi connectivity index (χ0) is 17.1. The minimum atomic E-state index is 0.0527. The fourth-order valence-corrected chi connectivity index (χ4v) is 3.98. The Morgan fingerprint density at radius 3 is 3.04 bits per heavy atom. The highest BCUT2D eigenvalue weighted by molar-refractivity contribution is 5.94. The number of nitrogens with one attached hydrogen (secondary N) is 2. The number of hydrogen-bond donors (Lipinski definition) is 2. The Kier molecular flexibility index (Phi) is 4.78. The van der Waals surface area contributed by atoms with Gasteiger partial charge in [-0.15, -0.1) is 0 Å². The Balaban J connectivity index is 1.62. The van der Waals surface area contributed by atoms with Gasteiger partial charge < -0.3 is 10.2 Å². The maximum absolute atomic E-state index is 13.4. The third-order valence-electron chi connectivity index (χ3n) is 5.31. The van der Waals surface area contributed by atoms with Crippen molar-refractivity contribution in [1.29, 1.82) is 0 Å². The summed E-state index contributed by atoms with van der Waals surface area (Å²) < 4.78 is 0. The first kappa shape index (κ1) is 16.3. The zero-order valence-corrected chi connectivity index (χ0v) is 14.5. The minimum absolute atomic E-state index is 0.0527. The van der Waals surface area contributed by atoms with E-state index >= 15 is 0 Å². The smallest absolute Gasteiger partial charge is 0.275 e. The van der Waals surface area contributed by atoms with Crippen molar-refractivity contribution in [2.24, 2.45) is 0 Å². The largest absolute Gasteiger partial charge is 0.328 e. The lowest BCUT2D eigenvalue weighted by Gasteiger charge is -2.30. The maximum Gasteiger partial charge on any atom is 0.275 e. The first-order valence-electron chi connectivity index (χ1n) is 9.30. The van der Waals surface area contributed by atoms with Crippen molar-refractivity contribution < 1.29 is 4.79 Å². The number of carbonyl (C=O) groups excluding carboxylic acids is 1. The molecule has 6 heteroatoms. The lowest BCUT2D eigenvalue weighted by atomic mass is 10.1. The Bertz CT molecular complexity index is 719. The fraction of sp³-hybridized carbons (Fsp3) is 0.526. The molecule has 25 heavy (non-hydrogen) atoms. The van der Waals surface area contributed by atoms with Crippen LogP contribution in [-0.4, -0.2) is 45.1 Å². The highest BCUT2D eigenvalue weighted by atomic mass is 16.2. The molecule has 1 saturated heterocycles. The molecule has 1 unspecified atom stereocenters. The van der Waals surface area contributed by atoms with E-state index in [1.165, 1.54) is 0 Å². The molecule has 1 amide bonds. The fourth-order valence-electron chi connectivity index (χ4n) is 3.98. The van der Waals surface area contributed by atoms with Gasteiger partial charge in [0.25, 0.3) is 5.91 Å². The van der Waals surface area contributed by atoms with Gasteiger partial charge in [-0.1, -0.05) is 6.07 Å². The van der Waals surface area contributed by atoms with Crippen molar-refractivity contribution >= 4 is 5.91 Å². The van der Waals surface area contributed by atoms with E-state index in [1.54, 1.807) is 6.20 Å². The number of nitrogens with zero attached hydrogens (tertiary/aromatic N) is 3. The topological polar surface area (TPSA) is 73.9 Å². The predicted octanol–water partition coefficient (Wildman–Crippen LogP) is 2.08. The van der Waals surface area contributed by atoms with E-state index in [1.807, 2.05) is 23.1 Å². The number of pyridine rings is 1. The summed E-state index contributed by atoms with van der Waals surface area (Å²) in [5.41, 5.74) is 3.83. The molecule has 1 aliphatic carbocycles. The Labute approximate surface area is 148 Å². The number of aromatic amines is 1. The number of carbonyl (C=O) groups is 1. The number of aromatic nitrogens is 3. The van der Waals surface area contributed by atoms with E-state index in [0.29, 0.717) is 12.2 Å². The second-order valence-electron chi connectivity index (χ2n) is 6.97. The van der Waals surface area contributed by atoms with Gasteiger partial charge in [-0.25, -0.2) is 0 Å². The minimum Gasteiger partial charge on any atom is -0.328 e. The third kappa shape index (κ3) is 3.44. The molecule has 0 spiro atoms. The van der Waals surface area contributed by atoms with Gasteiger partial charge in [0.2, 0.25) is 0 Å². The highest BCUT2D eigenvalue weighted by Crippen LogP contribution is 2.26. The third-order valence-corrected chi connectivity index (χ3v) is 5.31. The Morgan fingerprint density at radius 1 is 1.20 bits per heavy atom. The van der Waals surface area contributed by atoms with Crippen LogP contribution in [0, 0.1) is 0 Å². The van der Waals surface area contributed by atoms with Crippen LogP contribution in [0.1, 0.15) is 53.1 Å². The summed E-state index contributed by atoms with van der Waals surface area (Å²) in [6.07, 6.45) is 7.95. The summed E-state index contributed by atoms with van der Waals surface area (Å²) in [4.78, 5) is 19.8. The summed E-state index contributed by atoms with van der Waals surface area (Å²) in [6, 6.07) is 6.11. The molecule has 0 bridgehead atoms. The van der Waals surface area contributed by atoms with E-state index in [-0.39, 0.29) is 11.9 Å². The summed E-state index contributed by atoms with van der Waals surface area (Å²) in [5, 5.41) is 10.9. The quantitative estimate of drug-likeness (QED) is 0.894. The summed E-state index contributed by atoms with van der Waals surface area (Å²) in [5.74, 6) is 0.0527. The van der Waals surface area contributed by atoms with E-state index in [0.717, 1.165) is 68.6 Å². The molecular weight excluding hydrogens is 314 g/mol. The van der Waals surface area contributed by atoms with Crippen LogP contribution in [-0.2, 0) is 19.4 Å². The average molecular weight is 339 g/mol. The molecule has 1 fully saturated rings. The molecule has 2 N–H and O–H groups in total. The van der Waals surface area contributed by atoms with Gasteiger partial charge in [0, 0.05) is 23.5 Å². The molecule has 2 aliphatic rings. The standard InChI is InChI=1S/C19H25N5O/c25-19(18-16-7-3-8-17(16)22-23-18)24(13-14-5-1-2-11-21-14)15-6-4-10-20-12-9-15/h1-2,5,11,15,20H,3-4,6-10,12-13H2,(H,22,23). The van der Waals surface area contributed by atoms with Gasteiger partial charge in [0.1, 0.15) is 0 Å². The van der Waals surface area contributed by atoms with E-state index in [4.69, 9.17) is 0 Å². The molecule has 1 aliphatic heterocycles. The summed E-state index contributed by atoms with van der Waals surface area (Å²) in [7, 11) is 0. The molecule has 2 aromatic rings. The lowest BCUT2D eigenvalue weighted by Crippen LogP contribution is -2.41. The lowest BCUT2D eigenvalue weighted by molar-refractivity contribution is 0.0635. The monoisotopic (exact) mass is 339 g/mol. The van der Waals surface area contributed by atoms with Crippen LogP contribution in [0.2, 0.25) is 0 Å². The number of H-pyrrole nitrogens is 1. The summed E-state index contributed by atoms with van der Waals surface area (Å²) >= 11 is 0. The van der Waals surface area contributed by atoms with Crippen molar-refractivity contribution in [3.05, 3.63) is 47.0 Å². The molecule has 0 saturated carbocycles. The summed E-state index contributed by atoms with van der Waals surface area (Å²) in [6.45, 7) is 2.53. The molecular formula is C19H25N5O. The van der Waals surface area contributed by atoms with Gasteiger partial charge in [0.15, 0.2) is 5.69 Å². The van der Waals surface area contributed by atoms with E-state index < -0.39 is 0 Å². The van der Waals surface area contributed by atoms with Gasteiger partial charge in [0.05, 0.1) is 12.2 Å². The molecule has 2 aromatic heterocycles. The first-order valence-corrected chi connectivity index (χ1v) is 9.30. The number of rotatable bonds is 4. The van der Waals surface area contributed by atoms with Crippen molar-refractivity contribution in [3.63, 3.8) is 0 Å². The van der Waals surface area contributed by atoms with Crippen molar-refractivity contribution in [2.45, 2.75) is 51.1 Å². The number of amides is 1. The maximum atomic E-state index is 13.4. The van der Waals surface area contributed by atoms with Crippen LogP contribution in [0.15, 0.2) is 24.4 Å². The Hall–Kier alpha value is -2.21. The SMILES string of the molecule is O=C(c1n[nH]c2c1CCC2)N(Cc1ccccn1)C1CCCNCC1. The van der Waals surface area contributed by atoms with Gasteiger partial charge in [-0.2, -0.15) is 5.10 Å². The van der Waals surface area contributed by atoms with E-state index in [9.17, 15) is 4.79 Å². The predicted molar refractivity (Wildman–Crippen MR) is 95.2 cm³/mol. The first-order chi connectivity index (χ1) is 12.3. The van der Waals surface area contributed by atoms with Crippen molar-refractivity contribution in [2.75, 3.05) is 13.1 Å². The molecule has 132 valence electrons. The molecule has 1 atom stereocenters. The highest BCUT2D eigenvalue weighted by Gasteiger charge is 2.31. The molecule has 3 heterocycles. The zero-order valence-electron chi connectivity index (χ0n) is 14.5. The molecule has 4 rings (SSSR count). The van der Waals surface area contributed by atoms with Gasteiger partial charge >= 0.3 is 0 Å². The molecule has 6 nitrogen and oxygen atoms in total. The normalized spacial score (nSPS) is 20.1. The molecule has 0 aromatic carbocycles. The van der Waals surface area contributed by atoms with Crippen molar-refractivity contribution in [3.8, 4) is 0 Å².